The minimum Gasteiger partial charge on any atom is -0.495 e. The van der Waals surface area contributed by atoms with Gasteiger partial charge in [-0.25, -0.2) is 4.98 Å². The standard InChI is InChI=1S/C26H27N5O3S/c1-29-25(33)24-23(19(16-27-24)18-8-4-3-5-9-18)28-26(29)35-17-22(32)31-14-12-30(13-15-31)20-10-6-7-11-21(20)34-2/h3-11,16,27H,12-15,17H2,1-2H3. The van der Waals surface area contributed by atoms with Crippen molar-refractivity contribution in [1.29, 1.82) is 0 Å². The molecule has 2 aromatic carbocycles. The molecule has 0 aliphatic carbocycles. The van der Waals surface area contributed by atoms with Gasteiger partial charge in [0.2, 0.25) is 5.91 Å². The largest absolute Gasteiger partial charge is 0.495 e. The summed E-state index contributed by atoms with van der Waals surface area (Å²) in [6.07, 6.45) is 1.81. The van der Waals surface area contributed by atoms with E-state index in [1.54, 1.807) is 14.2 Å². The zero-order valence-corrected chi connectivity index (χ0v) is 20.5. The summed E-state index contributed by atoms with van der Waals surface area (Å²) in [7, 11) is 3.36. The van der Waals surface area contributed by atoms with E-state index >= 15 is 0 Å². The van der Waals surface area contributed by atoms with E-state index in [0.29, 0.717) is 29.3 Å². The molecule has 0 spiro atoms. The monoisotopic (exact) mass is 489 g/mol. The van der Waals surface area contributed by atoms with Gasteiger partial charge in [0.25, 0.3) is 5.56 Å². The summed E-state index contributed by atoms with van der Waals surface area (Å²) < 4.78 is 6.99. The fourth-order valence-electron chi connectivity index (χ4n) is 4.39. The van der Waals surface area contributed by atoms with Crippen LogP contribution in [0.5, 0.6) is 5.75 Å². The molecule has 5 rings (SSSR count). The zero-order chi connectivity index (χ0) is 24.4. The molecule has 0 saturated carbocycles. The van der Waals surface area contributed by atoms with Crippen molar-refractivity contribution in [2.24, 2.45) is 7.05 Å². The molecule has 0 radical (unpaired) electrons. The number of H-pyrrole nitrogens is 1. The summed E-state index contributed by atoms with van der Waals surface area (Å²) in [4.78, 5) is 37.9. The number of benzene rings is 2. The van der Waals surface area contributed by atoms with Crippen molar-refractivity contribution in [3.63, 3.8) is 0 Å². The Morgan fingerprint density at radius 3 is 2.51 bits per heavy atom. The first-order valence-electron chi connectivity index (χ1n) is 11.5. The maximum Gasteiger partial charge on any atom is 0.278 e. The van der Waals surface area contributed by atoms with Gasteiger partial charge in [0.05, 0.1) is 18.6 Å². The number of nitrogens with zero attached hydrogens (tertiary/aromatic N) is 4. The highest BCUT2D eigenvalue weighted by Crippen LogP contribution is 2.29. The van der Waals surface area contributed by atoms with Gasteiger partial charge in [0.15, 0.2) is 5.16 Å². The molecule has 3 heterocycles. The number of thioether (sulfide) groups is 1. The number of para-hydroxylation sites is 2. The smallest absolute Gasteiger partial charge is 0.278 e. The van der Waals surface area contributed by atoms with E-state index in [4.69, 9.17) is 9.72 Å². The van der Waals surface area contributed by atoms with Crippen LogP contribution in [0.1, 0.15) is 0 Å². The molecule has 1 fully saturated rings. The van der Waals surface area contributed by atoms with Crippen molar-refractivity contribution in [3.8, 4) is 16.9 Å². The van der Waals surface area contributed by atoms with Gasteiger partial charge >= 0.3 is 0 Å². The number of anilines is 1. The van der Waals surface area contributed by atoms with Crippen LogP contribution in [-0.2, 0) is 11.8 Å². The maximum atomic E-state index is 13.0. The predicted molar refractivity (Wildman–Crippen MR) is 139 cm³/mol. The lowest BCUT2D eigenvalue weighted by Gasteiger charge is -2.36. The van der Waals surface area contributed by atoms with Crippen LogP contribution in [0.3, 0.4) is 0 Å². The number of methoxy groups -OCH3 is 1. The molecule has 8 nitrogen and oxygen atoms in total. The van der Waals surface area contributed by atoms with Crippen LogP contribution < -0.4 is 15.2 Å². The molecule has 2 aromatic heterocycles. The quantitative estimate of drug-likeness (QED) is 0.330. The van der Waals surface area contributed by atoms with Gasteiger partial charge in [0.1, 0.15) is 16.8 Å². The highest BCUT2D eigenvalue weighted by molar-refractivity contribution is 7.99. The number of nitrogens with one attached hydrogen (secondary N) is 1. The van der Waals surface area contributed by atoms with E-state index < -0.39 is 0 Å². The summed E-state index contributed by atoms with van der Waals surface area (Å²) in [5.74, 6) is 1.11. The van der Waals surface area contributed by atoms with Crippen LogP contribution in [0, 0.1) is 0 Å². The molecule has 0 bridgehead atoms. The Kier molecular flexibility index (Phi) is 6.50. The number of hydrogen-bond acceptors (Lipinski definition) is 6. The maximum absolute atomic E-state index is 13.0. The molecule has 180 valence electrons. The molecule has 1 N–H and O–H groups in total. The summed E-state index contributed by atoms with van der Waals surface area (Å²) in [6, 6.07) is 17.8. The number of amides is 1. The minimum atomic E-state index is -0.155. The Labute approximate surface area is 207 Å². The van der Waals surface area contributed by atoms with E-state index in [1.807, 2.05) is 65.7 Å². The third-order valence-corrected chi connectivity index (χ3v) is 7.35. The van der Waals surface area contributed by atoms with Gasteiger partial charge < -0.3 is 19.5 Å². The fraction of sp³-hybridized carbons (Fsp3) is 0.269. The fourth-order valence-corrected chi connectivity index (χ4v) is 5.26. The number of rotatable bonds is 6. The highest BCUT2D eigenvalue weighted by atomic mass is 32.2. The number of aromatic amines is 1. The number of aromatic nitrogens is 3. The molecule has 1 amide bonds. The summed E-state index contributed by atoms with van der Waals surface area (Å²) >= 11 is 1.30. The SMILES string of the molecule is COc1ccccc1N1CCN(C(=O)CSc2nc3c(-c4ccccc4)c[nH]c3c(=O)n2C)CC1. The van der Waals surface area contributed by atoms with E-state index in [9.17, 15) is 9.59 Å². The van der Waals surface area contributed by atoms with Crippen molar-refractivity contribution in [1.82, 2.24) is 19.4 Å². The van der Waals surface area contributed by atoms with Crippen LogP contribution in [-0.4, -0.2) is 64.4 Å². The average molecular weight is 490 g/mol. The van der Waals surface area contributed by atoms with Crippen molar-refractivity contribution in [2.75, 3.05) is 43.9 Å². The lowest BCUT2D eigenvalue weighted by Crippen LogP contribution is -2.49. The Hall–Kier alpha value is -3.72. The lowest BCUT2D eigenvalue weighted by atomic mass is 10.1. The molecule has 35 heavy (non-hydrogen) atoms. The van der Waals surface area contributed by atoms with E-state index in [2.05, 4.69) is 9.88 Å². The third kappa shape index (κ3) is 4.51. The molecule has 1 aliphatic heterocycles. The van der Waals surface area contributed by atoms with Gasteiger partial charge in [-0.1, -0.05) is 54.2 Å². The van der Waals surface area contributed by atoms with E-state index in [1.165, 1.54) is 16.3 Å². The number of piperazine rings is 1. The Morgan fingerprint density at radius 1 is 1.06 bits per heavy atom. The van der Waals surface area contributed by atoms with Gasteiger partial charge in [0, 0.05) is 45.0 Å². The van der Waals surface area contributed by atoms with Crippen LogP contribution in [0.25, 0.3) is 22.2 Å². The molecule has 0 atom stereocenters. The first kappa shape index (κ1) is 23.0. The second-order valence-electron chi connectivity index (χ2n) is 8.38. The van der Waals surface area contributed by atoms with E-state index in [-0.39, 0.29) is 17.2 Å². The Balaban J connectivity index is 1.28. The van der Waals surface area contributed by atoms with Crippen molar-refractivity contribution in [3.05, 3.63) is 71.1 Å². The van der Waals surface area contributed by atoms with Gasteiger partial charge in [-0.05, 0) is 17.7 Å². The number of fused-ring (bicyclic) bond motifs is 1. The van der Waals surface area contributed by atoms with Crippen molar-refractivity contribution in [2.45, 2.75) is 5.16 Å². The molecule has 9 heteroatoms. The molecule has 1 saturated heterocycles. The topological polar surface area (TPSA) is 83.5 Å². The van der Waals surface area contributed by atoms with Crippen LogP contribution in [0.2, 0.25) is 0 Å². The minimum absolute atomic E-state index is 0.0429. The molecular formula is C26H27N5O3S. The summed E-state index contributed by atoms with van der Waals surface area (Å²) in [6.45, 7) is 2.75. The number of ether oxygens (including phenoxy) is 1. The van der Waals surface area contributed by atoms with Gasteiger partial charge in [-0.2, -0.15) is 0 Å². The lowest BCUT2D eigenvalue weighted by molar-refractivity contribution is -0.128. The summed E-state index contributed by atoms with van der Waals surface area (Å²) in [5, 5.41) is 0.528. The Morgan fingerprint density at radius 2 is 1.77 bits per heavy atom. The van der Waals surface area contributed by atoms with Crippen LogP contribution >= 0.6 is 11.8 Å². The highest BCUT2D eigenvalue weighted by Gasteiger charge is 2.23. The van der Waals surface area contributed by atoms with Gasteiger partial charge in [-0.15, -0.1) is 0 Å². The second kappa shape index (κ2) is 9.87. The number of hydrogen-bond donors (Lipinski definition) is 1. The van der Waals surface area contributed by atoms with Crippen LogP contribution in [0.15, 0.2) is 70.7 Å². The van der Waals surface area contributed by atoms with Gasteiger partial charge in [-0.3, -0.25) is 14.2 Å². The Bertz CT molecular complexity index is 1410. The normalized spacial score (nSPS) is 13.9. The first-order valence-corrected chi connectivity index (χ1v) is 12.5. The van der Waals surface area contributed by atoms with Crippen molar-refractivity contribution < 1.29 is 9.53 Å². The molecular weight excluding hydrogens is 462 g/mol. The number of carbonyl (C=O) groups is 1. The number of carbonyl (C=O) groups excluding carboxylic acids is 1. The van der Waals surface area contributed by atoms with Crippen LogP contribution in [0.4, 0.5) is 5.69 Å². The average Bonchev–Trinajstić information content (AvgIpc) is 3.34. The zero-order valence-electron chi connectivity index (χ0n) is 19.7. The summed E-state index contributed by atoms with van der Waals surface area (Å²) in [5.41, 5.74) is 3.84. The van der Waals surface area contributed by atoms with Crippen molar-refractivity contribution >= 4 is 34.4 Å². The van der Waals surface area contributed by atoms with E-state index in [0.717, 1.165) is 35.7 Å². The molecule has 4 aromatic rings. The molecule has 1 aliphatic rings. The predicted octanol–water partition coefficient (Wildman–Crippen LogP) is 3.38. The third-order valence-electron chi connectivity index (χ3n) is 6.33. The second-order valence-corrected chi connectivity index (χ2v) is 9.32. The molecule has 0 unspecified atom stereocenters. The first-order chi connectivity index (χ1) is 17.1.